The van der Waals surface area contributed by atoms with E-state index in [1.165, 1.54) is 24.5 Å². The van der Waals surface area contributed by atoms with Crippen LogP contribution < -0.4 is 10.6 Å². The molecule has 2 aromatic rings. The highest BCUT2D eigenvalue weighted by Gasteiger charge is 2.23. The van der Waals surface area contributed by atoms with Gasteiger partial charge in [0.2, 0.25) is 10.0 Å². The van der Waals surface area contributed by atoms with Gasteiger partial charge in [0.15, 0.2) is 0 Å². The van der Waals surface area contributed by atoms with Crippen molar-refractivity contribution in [3.05, 3.63) is 48.0 Å². The number of benzene rings is 2. The van der Waals surface area contributed by atoms with Gasteiger partial charge in [-0.3, -0.25) is 0 Å². The molecule has 0 heterocycles. The van der Waals surface area contributed by atoms with Gasteiger partial charge >= 0.3 is 0 Å². The molecule has 0 atom stereocenters. The van der Waals surface area contributed by atoms with Crippen LogP contribution in [0.2, 0.25) is 0 Å². The van der Waals surface area contributed by atoms with Crippen LogP contribution >= 0.6 is 0 Å². The lowest BCUT2D eigenvalue weighted by Gasteiger charge is -2.24. The van der Waals surface area contributed by atoms with Gasteiger partial charge in [-0.05, 0) is 42.8 Å². The van der Waals surface area contributed by atoms with Gasteiger partial charge in [0, 0.05) is 32.5 Å². The molecule has 0 amide bonds. The number of nitrogens with zero attached hydrogens (tertiary/aromatic N) is 2. The van der Waals surface area contributed by atoms with Crippen LogP contribution in [0.15, 0.2) is 47.4 Å². The number of anilines is 3. The molecule has 0 bridgehead atoms. The zero-order valence-corrected chi connectivity index (χ0v) is 14.1. The molecule has 0 aromatic heterocycles. The van der Waals surface area contributed by atoms with E-state index in [0.29, 0.717) is 11.4 Å². The lowest BCUT2D eigenvalue weighted by molar-refractivity contribution is 0.521. The monoisotopic (exact) mass is 319 g/mol. The van der Waals surface area contributed by atoms with Gasteiger partial charge in [-0.1, -0.05) is 12.1 Å². The third-order valence-electron chi connectivity index (χ3n) is 3.49. The van der Waals surface area contributed by atoms with Crippen molar-refractivity contribution in [1.29, 1.82) is 0 Å². The van der Waals surface area contributed by atoms with E-state index in [9.17, 15) is 8.42 Å². The first-order valence-corrected chi connectivity index (χ1v) is 8.30. The largest absolute Gasteiger partial charge is 0.399 e. The van der Waals surface area contributed by atoms with Crippen LogP contribution in [0.5, 0.6) is 0 Å². The summed E-state index contributed by atoms with van der Waals surface area (Å²) in [5.74, 6) is 0. The molecular formula is C16H21N3O2S. The van der Waals surface area contributed by atoms with E-state index < -0.39 is 10.0 Å². The summed E-state index contributed by atoms with van der Waals surface area (Å²) < 4.78 is 26.3. The standard InChI is InChI=1S/C16H21N3O2S/c1-12-6-5-7-14(10-12)19(4)15-9-8-13(17)11-16(15)22(20,21)18(2)3/h5-11H,17H2,1-4H3. The Morgan fingerprint density at radius 1 is 1.00 bits per heavy atom. The zero-order valence-electron chi connectivity index (χ0n) is 13.2. The first-order valence-electron chi connectivity index (χ1n) is 6.86. The predicted octanol–water partition coefficient (Wildman–Crippen LogP) is 2.60. The Morgan fingerprint density at radius 3 is 2.27 bits per heavy atom. The van der Waals surface area contributed by atoms with Crippen molar-refractivity contribution in [2.24, 2.45) is 0 Å². The van der Waals surface area contributed by atoms with Crippen LogP contribution in [0.3, 0.4) is 0 Å². The predicted molar refractivity (Wildman–Crippen MR) is 91.0 cm³/mol. The highest BCUT2D eigenvalue weighted by atomic mass is 32.2. The molecule has 0 unspecified atom stereocenters. The molecule has 0 saturated carbocycles. The van der Waals surface area contributed by atoms with Gasteiger partial charge in [0.05, 0.1) is 5.69 Å². The Balaban J connectivity index is 2.61. The first-order chi connectivity index (χ1) is 10.2. The van der Waals surface area contributed by atoms with Crippen molar-refractivity contribution in [1.82, 2.24) is 4.31 Å². The maximum Gasteiger partial charge on any atom is 0.244 e. The molecule has 118 valence electrons. The number of sulfonamides is 1. The van der Waals surface area contributed by atoms with Crippen molar-refractivity contribution in [2.75, 3.05) is 31.8 Å². The third kappa shape index (κ3) is 3.08. The molecule has 2 aromatic carbocycles. The van der Waals surface area contributed by atoms with Crippen LogP contribution in [0.4, 0.5) is 17.1 Å². The van der Waals surface area contributed by atoms with E-state index >= 15 is 0 Å². The average molecular weight is 319 g/mol. The summed E-state index contributed by atoms with van der Waals surface area (Å²) in [6.45, 7) is 2.00. The molecule has 0 spiro atoms. The molecule has 2 N–H and O–H groups in total. The van der Waals surface area contributed by atoms with Crippen molar-refractivity contribution in [3.63, 3.8) is 0 Å². The van der Waals surface area contributed by atoms with Gasteiger partial charge < -0.3 is 10.6 Å². The smallest absolute Gasteiger partial charge is 0.244 e. The van der Waals surface area contributed by atoms with E-state index in [1.807, 2.05) is 43.1 Å². The number of aryl methyl sites for hydroxylation is 1. The highest BCUT2D eigenvalue weighted by molar-refractivity contribution is 7.89. The van der Waals surface area contributed by atoms with Crippen LogP contribution in [0.1, 0.15) is 5.56 Å². The lowest BCUT2D eigenvalue weighted by Crippen LogP contribution is -2.25. The second-order valence-electron chi connectivity index (χ2n) is 5.41. The van der Waals surface area contributed by atoms with E-state index in [2.05, 4.69) is 0 Å². The van der Waals surface area contributed by atoms with E-state index in [4.69, 9.17) is 5.73 Å². The van der Waals surface area contributed by atoms with E-state index in [0.717, 1.165) is 11.3 Å². The third-order valence-corrected chi connectivity index (χ3v) is 5.34. The molecule has 0 saturated heterocycles. The van der Waals surface area contributed by atoms with Gasteiger partial charge in [-0.15, -0.1) is 0 Å². The number of hydrogen-bond donors (Lipinski definition) is 1. The Hall–Kier alpha value is -2.05. The minimum Gasteiger partial charge on any atom is -0.399 e. The normalized spacial score (nSPS) is 11.7. The van der Waals surface area contributed by atoms with Crippen LogP contribution in [0, 0.1) is 6.92 Å². The molecule has 5 nitrogen and oxygen atoms in total. The maximum atomic E-state index is 12.6. The summed E-state index contributed by atoms with van der Waals surface area (Å²) in [7, 11) is 1.28. The second-order valence-corrected chi connectivity index (χ2v) is 7.53. The Labute approximate surface area is 132 Å². The van der Waals surface area contributed by atoms with Crippen LogP contribution in [0.25, 0.3) is 0 Å². The lowest BCUT2D eigenvalue weighted by atomic mass is 10.2. The molecule has 22 heavy (non-hydrogen) atoms. The minimum atomic E-state index is -3.58. The quantitative estimate of drug-likeness (QED) is 0.880. The van der Waals surface area contributed by atoms with Gasteiger partial charge in [-0.25, -0.2) is 12.7 Å². The summed E-state index contributed by atoms with van der Waals surface area (Å²) >= 11 is 0. The molecule has 0 radical (unpaired) electrons. The number of nitrogen functional groups attached to an aromatic ring is 1. The highest BCUT2D eigenvalue weighted by Crippen LogP contribution is 2.33. The van der Waals surface area contributed by atoms with Crippen molar-refractivity contribution < 1.29 is 8.42 Å². The van der Waals surface area contributed by atoms with Crippen molar-refractivity contribution in [2.45, 2.75) is 11.8 Å². The van der Waals surface area contributed by atoms with Crippen molar-refractivity contribution in [3.8, 4) is 0 Å². The summed E-state index contributed by atoms with van der Waals surface area (Å²) in [6, 6.07) is 12.8. The summed E-state index contributed by atoms with van der Waals surface area (Å²) in [5, 5.41) is 0. The zero-order chi connectivity index (χ0) is 16.5. The van der Waals surface area contributed by atoms with Gasteiger partial charge in [0.1, 0.15) is 4.90 Å². The molecule has 0 fully saturated rings. The molecule has 0 aliphatic rings. The molecule has 0 aliphatic heterocycles. The first kappa shape index (κ1) is 16.3. The van der Waals surface area contributed by atoms with Crippen LogP contribution in [-0.2, 0) is 10.0 Å². The SMILES string of the molecule is Cc1cccc(N(C)c2ccc(N)cc2S(=O)(=O)N(C)C)c1. The Bertz CT molecular complexity index is 786. The Morgan fingerprint density at radius 2 is 1.68 bits per heavy atom. The summed E-state index contributed by atoms with van der Waals surface area (Å²) in [5.41, 5.74) is 8.82. The fraction of sp³-hybridized carbons (Fsp3) is 0.250. The topological polar surface area (TPSA) is 66.6 Å². The maximum absolute atomic E-state index is 12.6. The molecule has 6 heteroatoms. The Kier molecular flexibility index (Phi) is 4.44. The van der Waals surface area contributed by atoms with E-state index in [1.54, 1.807) is 12.1 Å². The second kappa shape index (κ2) is 5.98. The molecule has 0 aliphatic carbocycles. The van der Waals surface area contributed by atoms with Gasteiger partial charge in [0.25, 0.3) is 0 Å². The molecular weight excluding hydrogens is 298 g/mol. The number of nitrogens with two attached hydrogens (primary N) is 1. The summed E-state index contributed by atoms with van der Waals surface area (Å²) in [6.07, 6.45) is 0. The summed E-state index contributed by atoms with van der Waals surface area (Å²) in [4.78, 5) is 2.05. The molecule has 2 rings (SSSR count). The van der Waals surface area contributed by atoms with Gasteiger partial charge in [-0.2, -0.15) is 0 Å². The number of hydrogen-bond acceptors (Lipinski definition) is 4. The average Bonchev–Trinajstić information content (AvgIpc) is 2.46. The minimum absolute atomic E-state index is 0.196. The van der Waals surface area contributed by atoms with E-state index in [-0.39, 0.29) is 4.90 Å². The number of rotatable bonds is 4. The van der Waals surface area contributed by atoms with Crippen molar-refractivity contribution >= 4 is 27.1 Å². The fourth-order valence-electron chi connectivity index (χ4n) is 2.19. The van der Waals surface area contributed by atoms with Crippen LogP contribution in [-0.4, -0.2) is 33.9 Å². The fourth-order valence-corrected chi connectivity index (χ4v) is 3.33.